The van der Waals surface area contributed by atoms with Crippen molar-refractivity contribution in [1.29, 1.82) is 0 Å². The lowest BCUT2D eigenvalue weighted by Gasteiger charge is -2.45. The highest BCUT2D eigenvalue weighted by molar-refractivity contribution is 5.80. The molecule has 1 N–H and O–H groups in total. The van der Waals surface area contributed by atoms with Gasteiger partial charge in [-0.2, -0.15) is 0 Å². The van der Waals surface area contributed by atoms with Crippen molar-refractivity contribution in [1.82, 2.24) is 10.2 Å². The average Bonchev–Trinajstić information content (AvgIpc) is 2.50. The van der Waals surface area contributed by atoms with E-state index in [9.17, 15) is 9.59 Å². The van der Waals surface area contributed by atoms with Crippen LogP contribution in [0, 0.1) is 11.8 Å². The molecule has 1 aliphatic carbocycles. The SMILES string of the molecule is COCCOCCNC(=O)C1CN(C2CCC(C(C)=O)CC2)C1. The molecule has 2 fully saturated rings. The van der Waals surface area contributed by atoms with E-state index in [2.05, 4.69) is 10.2 Å². The topological polar surface area (TPSA) is 67.9 Å². The van der Waals surface area contributed by atoms with Crippen LogP contribution >= 0.6 is 0 Å². The van der Waals surface area contributed by atoms with E-state index in [1.165, 1.54) is 0 Å². The Kier molecular flexibility index (Phi) is 7.46. The lowest BCUT2D eigenvalue weighted by atomic mass is 9.81. The van der Waals surface area contributed by atoms with Crippen LogP contribution in [0.2, 0.25) is 0 Å². The van der Waals surface area contributed by atoms with E-state index in [1.54, 1.807) is 14.0 Å². The van der Waals surface area contributed by atoms with E-state index in [1.807, 2.05) is 0 Å². The Labute approximate surface area is 138 Å². The number of hydrogen-bond donors (Lipinski definition) is 1. The smallest absolute Gasteiger partial charge is 0.225 e. The Bertz CT molecular complexity index is 388. The summed E-state index contributed by atoms with van der Waals surface area (Å²) in [4.78, 5) is 25.8. The van der Waals surface area contributed by atoms with Crippen LogP contribution in [-0.2, 0) is 19.1 Å². The monoisotopic (exact) mass is 326 g/mol. The van der Waals surface area contributed by atoms with Gasteiger partial charge in [-0.1, -0.05) is 0 Å². The molecule has 1 amide bonds. The second-order valence-electron chi connectivity index (χ2n) is 6.66. The highest BCUT2D eigenvalue weighted by Crippen LogP contribution is 2.31. The number of carbonyl (C=O) groups excluding carboxylic acids is 2. The first-order valence-electron chi connectivity index (χ1n) is 8.70. The standard InChI is InChI=1S/C17H30N2O4/c1-13(20)14-3-5-16(6-4-14)19-11-15(12-19)17(21)18-7-8-23-10-9-22-2/h14-16H,3-12H2,1-2H3,(H,18,21). The van der Waals surface area contributed by atoms with Crippen LogP contribution in [0.25, 0.3) is 0 Å². The molecule has 23 heavy (non-hydrogen) atoms. The molecule has 0 aromatic heterocycles. The summed E-state index contributed by atoms with van der Waals surface area (Å²) in [6.07, 6.45) is 4.19. The van der Waals surface area contributed by atoms with Crippen molar-refractivity contribution in [2.45, 2.75) is 38.6 Å². The zero-order valence-corrected chi connectivity index (χ0v) is 14.4. The molecule has 2 aliphatic rings. The number of carbonyl (C=O) groups is 2. The van der Waals surface area contributed by atoms with Gasteiger partial charge in [0, 0.05) is 38.7 Å². The van der Waals surface area contributed by atoms with Crippen molar-refractivity contribution in [2.24, 2.45) is 11.8 Å². The highest BCUT2D eigenvalue weighted by atomic mass is 16.5. The third kappa shape index (κ3) is 5.55. The molecule has 2 rings (SSSR count). The highest BCUT2D eigenvalue weighted by Gasteiger charge is 2.38. The molecule has 1 heterocycles. The second-order valence-corrected chi connectivity index (χ2v) is 6.66. The van der Waals surface area contributed by atoms with Gasteiger partial charge in [-0.25, -0.2) is 0 Å². The Morgan fingerprint density at radius 2 is 1.74 bits per heavy atom. The van der Waals surface area contributed by atoms with E-state index in [-0.39, 0.29) is 17.7 Å². The summed E-state index contributed by atoms with van der Waals surface area (Å²) in [5, 5.41) is 2.93. The van der Waals surface area contributed by atoms with Gasteiger partial charge in [0.25, 0.3) is 0 Å². The summed E-state index contributed by atoms with van der Waals surface area (Å²) in [5.41, 5.74) is 0. The molecule has 0 atom stereocenters. The van der Waals surface area contributed by atoms with Crippen LogP contribution in [0.3, 0.4) is 0 Å². The Balaban J connectivity index is 1.54. The van der Waals surface area contributed by atoms with Crippen molar-refractivity contribution < 1.29 is 19.1 Å². The maximum atomic E-state index is 12.0. The van der Waals surface area contributed by atoms with Gasteiger partial charge in [0.05, 0.1) is 25.7 Å². The molecular formula is C17H30N2O4. The largest absolute Gasteiger partial charge is 0.382 e. The summed E-state index contributed by atoms with van der Waals surface area (Å²) in [6.45, 7) is 5.64. The first kappa shape index (κ1) is 18.4. The van der Waals surface area contributed by atoms with Crippen LogP contribution in [0.15, 0.2) is 0 Å². The molecule has 0 aromatic rings. The van der Waals surface area contributed by atoms with Crippen molar-refractivity contribution in [3.05, 3.63) is 0 Å². The third-order valence-corrected chi connectivity index (χ3v) is 5.05. The number of ether oxygens (including phenoxy) is 2. The predicted octanol–water partition coefficient (Wildman–Crippen LogP) is 0.845. The first-order valence-corrected chi connectivity index (χ1v) is 8.70. The fraction of sp³-hybridized carbons (Fsp3) is 0.882. The third-order valence-electron chi connectivity index (χ3n) is 5.05. The van der Waals surface area contributed by atoms with Crippen LogP contribution in [-0.4, -0.2) is 69.2 Å². The first-order chi connectivity index (χ1) is 11.1. The van der Waals surface area contributed by atoms with Crippen molar-refractivity contribution in [2.75, 3.05) is 46.6 Å². The van der Waals surface area contributed by atoms with E-state index in [0.717, 1.165) is 38.8 Å². The van der Waals surface area contributed by atoms with Gasteiger partial charge in [0.1, 0.15) is 5.78 Å². The van der Waals surface area contributed by atoms with Crippen molar-refractivity contribution in [3.8, 4) is 0 Å². The minimum absolute atomic E-state index is 0.111. The molecule has 1 saturated carbocycles. The summed E-state index contributed by atoms with van der Waals surface area (Å²) in [7, 11) is 1.64. The molecule has 6 heteroatoms. The van der Waals surface area contributed by atoms with Gasteiger partial charge in [-0.15, -0.1) is 0 Å². The molecule has 0 bridgehead atoms. The average molecular weight is 326 g/mol. The minimum Gasteiger partial charge on any atom is -0.382 e. The number of nitrogens with one attached hydrogen (secondary N) is 1. The number of nitrogens with zero attached hydrogens (tertiary/aromatic N) is 1. The van der Waals surface area contributed by atoms with Crippen molar-refractivity contribution >= 4 is 11.7 Å². The number of likely N-dealkylation sites (tertiary alicyclic amines) is 1. The number of hydrogen-bond acceptors (Lipinski definition) is 5. The molecule has 132 valence electrons. The summed E-state index contributed by atoms with van der Waals surface area (Å²) in [6, 6.07) is 0.562. The molecule has 1 aliphatic heterocycles. The van der Waals surface area contributed by atoms with Gasteiger partial charge in [0.2, 0.25) is 5.91 Å². The minimum atomic E-state index is 0.111. The van der Waals surface area contributed by atoms with Crippen LogP contribution in [0.4, 0.5) is 0 Å². The number of amides is 1. The predicted molar refractivity (Wildman–Crippen MR) is 87.2 cm³/mol. The second kappa shape index (κ2) is 9.35. The van der Waals surface area contributed by atoms with Crippen LogP contribution < -0.4 is 5.32 Å². The summed E-state index contributed by atoms with van der Waals surface area (Å²) < 4.78 is 10.2. The molecule has 0 radical (unpaired) electrons. The molecule has 0 unspecified atom stereocenters. The van der Waals surface area contributed by atoms with E-state index < -0.39 is 0 Å². The Hall–Kier alpha value is -0.980. The maximum Gasteiger partial charge on any atom is 0.225 e. The summed E-state index contributed by atoms with van der Waals surface area (Å²) in [5.74, 6) is 0.843. The fourth-order valence-corrected chi connectivity index (χ4v) is 3.46. The molecular weight excluding hydrogens is 296 g/mol. The van der Waals surface area contributed by atoms with Gasteiger partial charge >= 0.3 is 0 Å². The van der Waals surface area contributed by atoms with Crippen LogP contribution in [0.1, 0.15) is 32.6 Å². The summed E-state index contributed by atoms with van der Waals surface area (Å²) >= 11 is 0. The zero-order chi connectivity index (χ0) is 16.7. The number of methoxy groups -OCH3 is 1. The fourth-order valence-electron chi connectivity index (χ4n) is 3.46. The Morgan fingerprint density at radius 3 is 2.35 bits per heavy atom. The van der Waals surface area contributed by atoms with Crippen molar-refractivity contribution in [3.63, 3.8) is 0 Å². The van der Waals surface area contributed by atoms with E-state index in [4.69, 9.17) is 9.47 Å². The van der Waals surface area contributed by atoms with E-state index in [0.29, 0.717) is 38.2 Å². The van der Waals surface area contributed by atoms with Gasteiger partial charge in [0.15, 0.2) is 0 Å². The normalized spacial score (nSPS) is 25.8. The van der Waals surface area contributed by atoms with Gasteiger partial charge < -0.3 is 14.8 Å². The number of Topliss-reactive ketones (excluding diaryl/α,β-unsaturated/α-hetero) is 1. The zero-order valence-electron chi connectivity index (χ0n) is 14.4. The maximum absolute atomic E-state index is 12.0. The quantitative estimate of drug-likeness (QED) is 0.636. The number of ketones is 1. The van der Waals surface area contributed by atoms with Crippen LogP contribution in [0.5, 0.6) is 0 Å². The van der Waals surface area contributed by atoms with Gasteiger partial charge in [-0.05, 0) is 32.6 Å². The number of rotatable bonds is 9. The molecule has 6 nitrogen and oxygen atoms in total. The van der Waals surface area contributed by atoms with E-state index >= 15 is 0 Å². The lowest BCUT2D eigenvalue weighted by molar-refractivity contribution is -0.132. The lowest BCUT2D eigenvalue weighted by Crippen LogP contribution is -2.58. The molecule has 1 saturated heterocycles. The molecule has 0 spiro atoms. The Morgan fingerprint density at radius 1 is 1.04 bits per heavy atom. The molecule has 0 aromatic carbocycles. The van der Waals surface area contributed by atoms with Gasteiger partial charge in [-0.3, -0.25) is 14.5 Å².